The molecule has 0 radical (unpaired) electrons. The van der Waals surface area contributed by atoms with Gasteiger partial charge >= 0.3 is 11.9 Å². The van der Waals surface area contributed by atoms with Gasteiger partial charge < -0.3 is 19.5 Å². The zero-order valence-corrected chi connectivity index (χ0v) is 22.3. The van der Waals surface area contributed by atoms with Crippen LogP contribution in [-0.2, 0) is 23.9 Å². The summed E-state index contributed by atoms with van der Waals surface area (Å²) in [5, 5.41) is 10.8. The highest BCUT2D eigenvalue weighted by atomic mass is 16.5. The van der Waals surface area contributed by atoms with E-state index >= 15 is 0 Å². The third kappa shape index (κ3) is 4.47. The number of nitrogens with zero attached hydrogens (tertiary/aromatic N) is 1. The van der Waals surface area contributed by atoms with Gasteiger partial charge in [0.15, 0.2) is 11.6 Å². The molecular formula is C30H31N3O6. The van der Waals surface area contributed by atoms with Gasteiger partial charge in [0.25, 0.3) is 0 Å². The second-order valence-electron chi connectivity index (χ2n) is 9.51. The number of methoxy groups -OCH3 is 1. The summed E-state index contributed by atoms with van der Waals surface area (Å²) in [4.78, 5) is 41.9. The number of ketones is 1. The van der Waals surface area contributed by atoms with Gasteiger partial charge in [0.2, 0.25) is 0 Å². The van der Waals surface area contributed by atoms with Gasteiger partial charge in [0.05, 0.1) is 32.3 Å². The summed E-state index contributed by atoms with van der Waals surface area (Å²) < 4.78 is 16.4. The van der Waals surface area contributed by atoms with E-state index in [1.165, 1.54) is 0 Å². The Morgan fingerprint density at radius 3 is 2.13 bits per heavy atom. The summed E-state index contributed by atoms with van der Waals surface area (Å²) in [7, 11) is 1.58. The van der Waals surface area contributed by atoms with Crippen LogP contribution in [0.25, 0.3) is 5.57 Å². The van der Waals surface area contributed by atoms with Crippen LogP contribution in [0.1, 0.15) is 48.2 Å². The summed E-state index contributed by atoms with van der Waals surface area (Å²) in [6, 6.07) is 15.8. The molecule has 1 aliphatic heterocycles. The van der Waals surface area contributed by atoms with E-state index in [-0.39, 0.29) is 13.2 Å². The quantitative estimate of drug-likeness (QED) is 0.342. The molecule has 4 unspecified atom stereocenters. The number of aromatic nitrogens is 2. The summed E-state index contributed by atoms with van der Waals surface area (Å²) in [5.41, 5.74) is 3.63. The molecule has 2 aromatic carbocycles. The fourth-order valence-corrected chi connectivity index (χ4v) is 5.75. The zero-order chi connectivity index (χ0) is 27.7. The topological polar surface area (TPSA) is 120 Å². The number of nitrogens with one attached hydrogen (secondary N) is 2. The van der Waals surface area contributed by atoms with Gasteiger partial charge in [0, 0.05) is 22.7 Å². The summed E-state index contributed by atoms with van der Waals surface area (Å²) in [6.45, 7) is 5.52. The molecule has 2 aliphatic rings. The Kier molecular flexibility index (Phi) is 7.24. The molecule has 1 aromatic heterocycles. The lowest BCUT2D eigenvalue weighted by molar-refractivity contribution is -0.154. The van der Waals surface area contributed by atoms with Gasteiger partial charge in [-0.25, -0.2) is 0 Å². The number of Topliss-reactive ketones (excluding diaryl/α,β-unsaturated/α-hetero) is 1. The summed E-state index contributed by atoms with van der Waals surface area (Å²) in [5.74, 6) is -3.40. The average molecular weight is 530 g/mol. The Morgan fingerprint density at radius 2 is 1.51 bits per heavy atom. The minimum Gasteiger partial charge on any atom is -0.497 e. The largest absolute Gasteiger partial charge is 0.497 e. The van der Waals surface area contributed by atoms with Crippen LogP contribution in [0.15, 0.2) is 60.2 Å². The zero-order valence-electron chi connectivity index (χ0n) is 22.3. The molecule has 3 aromatic rings. The lowest BCUT2D eigenvalue weighted by atomic mass is 9.61. The van der Waals surface area contributed by atoms with Crippen molar-refractivity contribution < 1.29 is 28.6 Å². The van der Waals surface area contributed by atoms with Crippen LogP contribution in [-0.4, -0.2) is 48.2 Å². The third-order valence-corrected chi connectivity index (χ3v) is 7.37. The first kappa shape index (κ1) is 26.2. The number of rotatable bonds is 7. The Morgan fingerprint density at radius 1 is 0.872 bits per heavy atom. The number of anilines is 1. The smallest absolute Gasteiger partial charge is 0.317 e. The van der Waals surface area contributed by atoms with Crippen LogP contribution >= 0.6 is 0 Å². The number of hydrogen-bond acceptors (Lipinski definition) is 8. The normalized spacial score (nSPS) is 21.9. The molecule has 9 nitrogen and oxygen atoms in total. The van der Waals surface area contributed by atoms with E-state index < -0.39 is 41.5 Å². The van der Waals surface area contributed by atoms with Crippen LogP contribution in [0, 0.1) is 18.8 Å². The maximum Gasteiger partial charge on any atom is 0.317 e. The molecule has 2 heterocycles. The van der Waals surface area contributed by atoms with Gasteiger partial charge in [-0.05, 0) is 49.6 Å². The number of aromatic amines is 1. The number of benzene rings is 2. The maximum atomic E-state index is 14.5. The molecule has 0 amide bonds. The van der Waals surface area contributed by atoms with Crippen LogP contribution in [0.2, 0.25) is 0 Å². The van der Waals surface area contributed by atoms with Gasteiger partial charge in [-0.15, -0.1) is 0 Å². The molecule has 1 aliphatic carbocycles. The Bertz CT molecular complexity index is 1430. The Balaban J connectivity index is 1.82. The second kappa shape index (κ2) is 10.8. The first-order valence-corrected chi connectivity index (χ1v) is 13.0. The number of carbonyl (C=O) groups excluding carboxylic acids is 3. The molecule has 9 heteroatoms. The molecule has 4 atom stereocenters. The monoisotopic (exact) mass is 529 g/mol. The van der Waals surface area contributed by atoms with Gasteiger partial charge in [-0.1, -0.05) is 42.5 Å². The predicted octanol–water partition coefficient (Wildman–Crippen LogP) is 4.37. The minimum absolute atomic E-state index is 0.102. The first-order valence-electron chi connectivity index (χ1n) is 13.0. The highest BCUT2D eigenvalue weighted by Gasteiger charge is 2.55. The number of carbonyl (C=O) groups is 3. The molecular weight excluding hydrogens is 498 g/mol. The fraction of sp³-hybridized carbons (Fsp3) is 0.333. The van der Waals surface area contributed by atoms with E-state index in [9.17, 15) is 14.4 Å². The van der Waals surface area contributed by atoms with Crippen molar-refractivity contribution in [1.82, 2.24) is 10.2 Å². The molecule has 5 rings (SSSR count). The van der Waals surface area contributed by atoms with Crippen molar-refractivity contribution in [2.24, 2.45) is 11.8 Å². The lowest BCUT2D eigenvalue weighted by Crippen LogP contribution is -2.46. The van der Waals surface area contributed by atoms with Crippen molar-refractivity contribution in [3.8, 4) is 5.75 Å². The molecule has 202 valence electrons. The van der Waals surface area contributed by atoms with Crippen molar-refractivity contribution >= 4 is 29.1 Å². The van der Waals surface area contributed by atoms with Gasteiger partial charge in [0.1, 0.15) is 11.7 Å². The molecule has 0 bridgehead atoms. The fourth-order valence-electron chi connectivity index (χ4n) is 5.75. The minimum atomic E-state index is -1.24. The molecule has 39 heavy (non-hydrogen) atoms. The highest BCUT2D eigenvalue weighted by Crippen LogP contribution is 2.55. The Hall–Kier alpha value is -4.40. The van der Waals surface area contributed by atoms with E-state index in [4.69, 9.17) is 14.2 Å². The van der Waals surface area contributed by atoms with Crippen molar-refractivity contribution in [1.29, 1.82) is 0 Å². The second-order valence-corrected chi connectivity index (χ2v) is 9.51. The van der Waals surface area contributed by atoms with Crippen molar-refractivity contribution in [3.05, 3.63) is 82.6 Å². The highest BCUT2D eigenvalue weighted by molar-refractivity contribution is 6.19. The number of aryl methyl sites for hydroxylation is 1. The van der Waals surface area contributed by atoms with Crippen LogP contribution in [0.3, 0.4) is 0 Å². The van der Waals surface area contributed by atoms with Gasteiger partial charge in [-0.2, -0.15) is 5.10 Å². The van der Waals surface area contributed by atoms with Crippen LogP contribution in [0.4, 0.5) is 5.82 Å². The van der Waals surface area contributed by atoms with E-state index in [0.717, 1.165) is 5.56 Å². The molecule has 2 N–H and O–H groups in total. The van der Waals surface area contributed by atoms with Crippen molar-refractivity contribution in [2.75, 3.05) is 25.6 Å². The van der Waals surface area contributed by atoms with E-state index in [1.54, 1.807) is 33.1 Å². The first-order chi connectivity index (χ1) is 18.9. The number of hydrogen-bond donors (Lipinski definition) is 2. The molecule has 0 fully saturated rings. The molecule has 0 spiro atoms. The van der Waals surface area contributed by atoms with Crippen LogP contribution < -0.4 is 10.1 Å². The average Bonchev–Trinajstić information content (AvgIpc) is 3.33. The summed E-state index contributed by atoms with van der Waals surface area (Å²) >= 11 is 0. The van der Waals surface area contributed by atoms with E-state index in [0.29, 0.717) is 39.5 Å². The number of fused-ring (bicyclic) bond motifs is 2. The lowest BCUT2D eigenvalue weighted by Gasteiger charge is -2.42. The number of H-pyrrole nitrogens is 1. The molecule has 0 saturated carbocycles. The third-order valence-electron chi connectivity index (χ3n) is 7.37. The van der Waals surface area contributed by atoms with E-state index in [2.05, 4.69) is 15.5 Å². The number of ether oxygens (including phenoxy) is 3. The standard InChI is InChI=1S/C30H31N3O6/c1-5-38-29(35)23-21(17-10-8-7-9-11-17)25(30(36)39-6-2)27(34)24-22(23)20-16(3)32-33-28(20)31-26(24)18-12-14-19(37-4)15-13-18/h7-15,21,23,25-26H,5-6H2,1-4H3,(H2,31,32,33). The van der Waals surface area contributed by atoms with Gasteiger partial charge in [-0.3, -0.25) is 19.5 Å². The van der Waals surface area contributed by atoms with Crippen molar-refractivity contribution in [2.45, 2.75) is 32.7 Å². The summed E-state index contributed by atoms with van der Waals surface area (Å²) in [6.07, 6.45) is 0. The molecule has 0 saturated heterocycles. The van der Waals surface area contributed by atoms with E-state index in [1.807, 2.05) is 49.4 Å². The number of esters is 2. The maximum absolute atomic E-state index is 14.5. The SMILES string of the molecule is CCOC(=O)C1C(=O)C2=C(c3c(n[nH]c3C)NC2c2ccc(OC)cc2)C(C(=O)OCC)C1c1ccccc1. The Labute approximate surface area is 226 Å². The predicted molar refractivity (Wildman–Crippen MR) is 144 cm³/mol. The van der Waals surface area contributed by atoms with Crippen LogP contribution in [0.5, 0.6) is 5.75 Å². The van der Waals surface area contributed by atoms with Crippen molar-refractivity contribution in [3.63, 3.8) is 0 Å².